The van der Waals surface area contributed by atoms with E-state index in [1.165, 1.54) is 29.5 Å². The maximum atomic E-state index is 12.9. The monoisotopic (exact) mass is 636 g/mol. The molecule has 5 heterocycles. The molecule has 9 N–H and O–H groups in total. The topological polar surface area (TPSA) is 312 Å². The van der Waals surface area contributed by atoms with Crippen molar-refractivity contribution in [3.8, 4) is 0 Å². The molecule has 0 aromatic carbocycles. The summed E-state index contributed by atoms with van der Waals surface area (Å²) in [6, 6.07) is 1.29. The molecule has 3 aromatic heterocycles. The summed E-state index contributed by atoms with van der Waals surface area (Å²) in [5.74, 6) is 0.00388. The Morgan fingerprint density at radius 1 is 1.00 bits per heavy atom. The molecule has 5 unspecified atom stereocenters. The fourth-order valence-electron chi connectivity index (χ4n) is 4.47. The molecule has 0 saturated carbocycles. The number of nitrogen functional groups attached to an aromatic ring is 2. The van der Waals surface area contributed by atoms with Crippen molar-refractivity contribution < 1.29 is 57.1 Å². The number of hydrogen-bond donors (Lipinski definition) is 7. The van der Waals surface area contributed by atoms with E-state index < -0.39 is 77.5 Å². The third-order valence-electron chi connectivity index (χ3n) is 6.42. The lowest BCUT2D eigenvalue weighted by Gasteiger charge is -2.22. The van der Waals surface area contributed by atoms with Gasteiger partial charge in [0.1, 0.15) is 54.4 Å². The van der Waals surface area contributed by atoms with Gasteiger partial charge in [0.25, 0.3) is 0 Å². The molecule has 3 aromatic rings. The predicted molar refractivity (Wildman–Crippen MR) is 136 cm³/mol. The van der Waals surface area contributed by atoms with Crippen LogP contribution in [0.3, 0.4) is 0 Å². The zero-order valence-electron chi connectivity index (χ0n) is 21.2. The van der Waals surface area contributed by atoms with Crippen LogP contribution in [0, 0.1) is 0 Å². The minimum atomic E-state index is -4.99. The predicted octanol–water partition coefficient (Wildman–Crippen LogP) is -2.23. The number of aliphatic hydroxyl groups excluding tert-OH is 2. The van der Waals surface area contributed by atoms with Crippen LogP contribution in [0.2, 0.25) is 0 Å². The number of ether oxygens (including phenoxy) is 2. The van der Waals surface area contributed by atoms with Crippen molar-refractivity contribution in [3.05, 3.63) is 35.4 Å². The molecule has 21 nitrogen and oxygen atoms in total. The Labute approximate surface area is 234 Å². The second kappa shape index (κ2) is 11.6. The standard InChI is InChI=1S/C19H26N8O13P2/c20-11-1-2-26(19(30)25-11)12-3-8(9(38-12)4-36-41(31,32)33)40-42(34,35)37-5-10-14(28)15(29)18(39-10)27-7-24-13-16(21)22-6-23-17(13)27/h1-2,6-10,12,14-15,18,28-29H,3-5H2,(H,34,35)(H2,20,25,30)(H2,21,22,23)(H2,31,32,33)/t8?,9-,10-,12?,14?,15?,18-/m1/s1. The quantitative estimate of drug-likeness (QED) is 0.116. The lowest BCUT2D eigenvalue weighted by Crippen LogP contribution is -2.34. The zero-order chi connectivity index (χ0) is 30.4. The second-order valence-corrected chi connectivity index (χ2v) is 11.9. The number of phosphoric acid groups is 2. The highest BCUT2D eigenvalue weighted by molar-refractivity contribution is 7.47. The lowest BCUT2D eigenvalue weighted by atomic mass is 10.1. The normalized spacial score (nSPS) is 29.7. The Balaban J connectivity index is 1.26. The van der Waals surface area contributed by atoms with Gasteiger partial charge in [-0.3, -0.25) is 22.7 Å². The van der Waals surface area contributed by atoms with Gasteiger partial charge in [0.05, 0.1) is 19.5 Å². The summed E-state index contributed by atoms with van der Waals surface area (Å²) < 4.78 is 52.3. The Hall–Kier alpha value is -2.91. The van der Waals surface area contributed by atoms with Crippen molar-refractivity contribution in [1.29, 1.82) is 0 Å². The largest absolute Gasteiger partial charge is 0.472 e. The van der Waals surface area contributed by atoms with Gasteiger partial charge in [-0.25, -0.2) is 28.9 Å². The number of rotatable bonds is 10. The molecule has 230 valence electrons. The molecule has 2 fully saturated rings. The van der Waals surface area contributed by atoms with Gasteiger partial charge in [0, 0.05) is 12.6 Å². The van der Waals surface area contributed by atoms with E-state index in [2.05, 4.69) is 24.5 Å². The number of aliphatic hydroxyl groups is 2. The molecular formula is C19H26N8O13P2. The van der Waals surface area contributed by atoms with Crippen molar-refractivity contribution in [2.24, 2.45) is 0 Å². The maximum absolute atomic E-state index is 12.9. The van der Waals surface area contributed by atoms with Crippen molar-refractivity contribution >= 4 is 38.4 Å². The Bertz CT molecular complexity index is 1600. The van der Waals surface area contributed by atoms with Crippen LogP contribution in [-0.4, -0.2) is 97.7 Å². The van der Waals surface area contributed by atoms with Crippen LogP contribution in [0.1, 0.15) is 18.9 Å². The molecule has 23 heteroatoms. The van der Waals surface area contributed by atoms with Gasteiger partial charge in [0.15, 0.2) is 17.7 Å². The van der Waals surface area contributed by atoms with Crippen LogP contribution in [0.25, 0.3) is 11.2 Å². The molecule has 42 heavy (non-hydrogen) atoms. The summed E-state index contributed by atoms with van der Waals surface area (Å²) in [6.07, 6.45) is -6.12. The van der Waals surface area contributed by atoms with Crippen LogP contribution in [0.4, 0.5) is 11.6 Å². The Morgan fingerprint density at radius 2 is 1.74 bits per heavy atom. The summed E-state index contributed by atoms with van der Waals surface area (Å²) in [4.78, 5) is 56.3. The summed E-state index contributed by atoms with van der Waals surface area (Å²) in [5.41, 5.74) is 10.9. The maximum Gasteiger partial charge on any atom is 0.472 e. The smallest absolute Gasteiger partial charge is 0.387 e. The van der Waals surface area contributed by atoms with Crippen LogP contribution in [0.15, 0.2) is 29.7 Å². The molecule has 0 radical (unpaired) electrons. The van der Waals surface area contributed by atoms with Crippen molar-refractivity contribution in [3.63, 3.8) is 0 Å². The third kappa shape index (κ3) is 6.52. The van der Waals surface area contributed by atoms with Crippen LogP contribution >= 0.6 is 15.6 Å². The first kappa shape index (κ1) is 30.5. The van der Waals surface area contributed by atoms with Crippen molar-refractivity contribution in [2.45, 2.75) is 49.4 Å². The molecule has 0 aliphatic carbocycles. The molecule has 8 atom stereocenters. The fraction of sp³-hybridized carbons (Fsp3) is 0.526. The van der Waals surface area contributed by atoms with Gasteiger partial charge in [-0.2, -0.15) is 4.98 Å². The summed E-state index contributed by atoms with van der Waals surface area (Å²) in [6.45, 7) is -1.53. The minimum absolute atomic E-state index is 0.0704. The van der Waals surface area contributed by atoms with E-state index in [0.29, 0.717) is 0 Å². The van der Waals surface area contributed by atoms with Crippen LogP contribution in [-0.2, 0) is 32.2 Å². The van der Waals surface area contributed by atoms with Gasteiger partial charge >= 0.3 is 21.3 Å². The number of nitrogens with zero attached hydrogens (tertiary/aromatic N) is 6. The Morgan fingerprint density at radius 3 is 2.45 bits per heavy atom. The first-order valence-corrected chi connectivity index (χ1v) is 15.1. The molecule has 2 aliphatic rings. The molecule has 0 spiro atoms. The summed E-state index contributed by atoms with van der Waals surface area (Å²) >= 11 is 0. The van der Waals surface area contributed by atoms with Gasteiger partial charge in [-0.1, -0.05) is 0 Å². The number of aromatic nitrogens is 6. The highest BCUT2D eigenvalue weighted by atomic mass is 31.2. The second-order valence-electron chi connectivity index (χ2n) is 9.23. The number of imidazole rings is 1. The van der Waals surface area contributed by atoms with Gasteiger partial charge in [-0.15, -0.1) is 0 Å². The SMILES string of the molecule is Nc1ccn(C2CC(OP(=O)(O)OC[C@H]3O[C@@H](n4cnc5c(N)ncnc54)C(O)C3O)[C@@H](COP(=O)(O)O)O2)c(=O)n1. The highest BCUT2D eigenvalue weighted by Crippen LogP contribution is 2.49. The van der Waals surface area contributed by atoms with Crippen LogP contribution < -0.4 is 17.2 Å². The first-order chi connectivity index (χ1) is 19.7. The van der Waals surface area contributed by atoms with Crippen LogP contribution in [0.5, 0.6) is 0 Å². The van der Waals surface area contributed by atoms with Gasteiger partial charge in [-0.05, 0) is 6.07 Å². The van der Waals surface area contributed by atoms with Gasteiger partial charge in [0.2, 0.25) is 0 Å². The van der Waals surface area contributed by atoms with Gasteiger partial charge < -0.3 is 45.8 Å². The average Bonchev–Trinajstić information content (AvgIpc) is 3.58. The third-order valence-corrected chi connectivity index (χ3v) is 7.92. The summed E-state index contributed by atoms with van der Waals surface area (Å²) in [7, 11) is -9.96. The highest BCUT2D eigenvalue weighted by Gasteiger charge is 2.47. The van der Waals surface area contributed by atoms with E-state index in [0.717, 1.165) is 4.57 Å². The van der Waals surface area contributed by atoms with E-state index in [4.69, 9.17) is 39.8 Å². The summed E-state index contributed by atoms with van der Waals surface area (Å²) in [5, 5.41) is 21.1. The van der Waals surface area contributed by atoms with Crippen molar-refractivity contribution in [1.82, 2.24) is 29.1 Å². The molecule has 0 amide bonds. The number of anilines is 2. The van der Waals surface area contributed by atoms with E-state index in [-0.39, 0.29) is 29.2 Å². The first-order valence-electron chi connectivity index (χ1n) is 12.0. The van der Waals surface area contributed by atoms with Crippen molar-refractivity contribution in [2.75, 3.05) is 24.7 Å². The number of hydrogen-bond acceptors (Lipinski definition) is 16. The molecule has 5 rings (SSSR count). The number of phosphoric ester groups is 2. The van der Waals surface area contributed by atoms with E-state index in [9.17, 15) is 29.0 Å². The molecule has 2 saturated heterocycles. The van der Waals surface area contributed by atoms with E-state index in [1.807, 2.05) is 0 Å². The van der Waals surface area contributed by atoms with E-state index in [1.54, 1.807) is 0 Å². The van der Waals surface area contributed by atoms with E-state index >= 15 is 0 Å². The fourth-order valence-corrected chi connectivity index (χ4v) is 5.77. The lowest BCUT2D eigenvalue weighted by molar-refractivity contribution is -0.0588. The number of fused-ring (bicyclic) bond motifs is 1. The molecular weight excluding hydrogens is 610 g/mol. The minimum Gasteiger partial charge on any atom is -0.387 e. The average molecular weight is 636 g/mol. The Kier molecular flexibility index (Phi) is 8.47. The zero-order valence-corrected chi connectivity index (χ0v) is 23.0. The molecule has 0 bridgehead atoms. The number of nitrogens with two attached hydrogens (primary N) is 2. The molecule has 2 aliphatic heterocycles.